The highest BCUT2D eigenvalue weighted by Gasteiger charge is 2.17. The number of nitrogens with one attached hydrogen (secondary N) is 1. The van der Waals surface area contributed by atoms with Crippen LogP contribution in [0.15, 0.2) is 54.6 Å². The molecular formula is C18H21NO3. The lowest BCUT2D eigenvalue weighted by atomic mass is 10.1. The van der Waals surface area contributed by atoms with Crippen molar-refractivity contribution in [2.75, 3.05) is 14.2 Å². The molecule has 2 rings (SSSR count). The molecule has 22 heavy (non-hydrogen) atoms. The molecule has 2 aromatic rings. The third-order valence-corrected chi connectivity index (χ3v) is 3.45. The van der Waals surface area contributed by atoms with Gasteiger partial charge in [0.25, 0.3) is 0 Å². The molecule has 0 saturated heterocycles. The van der Waals surface area contributed by atoms with Crippen LogP contribution in [-0.4, -0.2) is 26.2 Å². The Labute approximate surface area is 131 Å². The second kappa shape index (κ2) is 8.20. The summed E-state index contributed by atoms with van der Waals surface area (Å²) >= 11 is 0. The normalized spacial score (nSPS) is 11.7. The summed E-state index contributed by atoms with van der Waals surface area (Å²) in [6, 6.07) is 17.5. The van der Waals surface area contributed by atoms with Gasteiger partial charge in [0.2, 0.25) is 0 Å². The van der Waals surface area contributed by atoms with Gasteiger partial charge >= 0.3 is 5.97 Å². The van der Waals surface area contributed by atoms with Crippen molar-refractivity contribution in [3.8, 4) is 5.75 Å². The molecule has 0 aromatic heterocycles. The highest BCUT2D eigenvalue weighted by atomic mass is 16.5. The van der Waals surface area contributed by atoms with E-state index < -0.39 is 0 Å². The number of esters is 1. The fourth-order valence-corrected chi connectivity index (χ4v) is 2.14. The Hall–Kier alpha value is -2.33. The summed E-state index contributed by atoms with van der Waals surface area (Å²) < 4.78 is 10.5. The van der Waals surface area contributed by atoms with Crippen molar-refractivity contribution >= 4 is 5.97 Å². The number of carbonyl (C=O) groups excluding carboxylic acids is 1. The zero-order valence-electron chi connectivity index (χ0n) is 12.9. The molecule has 0 aliphatic rings. The third kappa shape index (κ3) is 4.60. The molecule has 2 aromatic carbocycles. The van der Waals surface area contributed by atoms with Gasteiger partial charge in [-0.25, -0.2) is 0 Å². The Morgan fingerprint density at radius 1 is 1.05 bits per heavy atom. The van der Waals surface area contributed by atoms with E-state index in [9.17, 15) is 4.79 Å². The highest BCUT2D eigenvalue weighted by molar-refractivity contribution is 5.76. The van der Waals surface area contributed by atoms with Gasteiger partial charge in [0.15, 0.2) is 0 Å². The van der Waals surface area contributed by atoms with Crippen molar-refractivity contribution in [2.45, 2.75) is 19.1 Å². The SMILES string of the molecule is CNC(Cc1ccc(OCc2ccccc2)cc1)C(=O)OC. The minimum absolute atomic E-state index is 0.257. The average molecular weight is 299 g/mol. The topological polar surface area (TPSA) is 47.6 Å². The van der Waals surface area contributed by atoms with Crippen LogP contribution in [0.4, 0.5) is 0 Å². The van der Waals surface area contributed by atoms with Gasteiger partial charge in [-0.05, 0) is 36.7 Å². The number of hydrogen-bond donors (Lipinski definition) is 1. The van der Waals surface area contributed by atoms with Gasteiger partial charge in [-0.1, -0.05) is 42.5 Å². The van der Waals surface area contributed by atoms with Crippen molar-refractivity contribution in [3.63, 3.8) is 0 Å². The molecule has 1 N–H and O–H groups in total. The van der Waals surface area contributed by atoms with E-state index in [1.54, 1.807) is 7.05 Å². The van der Waals surface area contributed by atoms with Crippen molar-refractivity contribution in [1.29, 1.82) is 0 Å². The van der Waals surface area contributed by atoms with E-state index in [0.717, 1.165) is 16.9 Å². The van der Waals surface area contributed by atoms with Crippen LogP contribution in [0.1, 0.15) is 11.1 Å². The van der Waals surface area contributed by atoms with Gasteiger partial charge in [-0.15, -0.1) is 0 Å². The zero-order chi connectivity index (χ0) is 15.8. The third-order valence-electron chi connectivity index (χ3n) is 3.45. The monoisotopic (exact) mass is 299 g/mol. The maximum Gasteiger partial charge on any atom is 0.323 e. The molecule has 0 aliphatic heterocycles. The standard InChI is InChI=1S/C18H21NO3/c1-19-17(18(20)21-2)12-14-8-10-16(11-9-14)22-13-15-6-4-3-5-7-15/h3-11,17,19H,12-13H2,1-2H3. The van der Waals surface area contributed by atoms with Crippen LogP contribution >= 0.6 is 0 Å². The zero-order valence-corrected chi connectivity index (χ0v) is 12.9. The molecule has 4 nitrogen and oxygen atoms in total. The molecule has 0 fully saturated rings. The van der Waals surface area contributed by atoms with Gasteiger partial charge in [0.1, 0.15) is 18.4 Å². The van der Waals surface area contributed by atoms with Crippen LogP contribution < -0.4 is 10.1 Å². The van der Waals surface area contributed by atoms with E-state index in [0.29, 0.717) is 13.0 Å². The molecule has 1 atom stereocenters. The Bertz CT molecular complexity index is 581. The van der Waals surface area contributed by atoms with Crippen molar-refractivity contribution in [3.05, 3.63) is 65.7 Å². The molecule has 1 unspecified atom stereocenters. The van der Waals surface area contributed by atoms with E-state index >= 15 is 0 Å². The molecule has 0 saturated carbocycles. The minimum atomic E-state index is -0.332. The number of rotatable bonds is 7. The second-order valence-electron chi connectivity index (χ2n) is 4.99. The summed E-state index contributed by atoms with van der Waals surface area (Å²) in [6.45, 7) is 0.543. The number of ether oxygens (including phenoxy) is 2. The summed E-state index contributed by atoms with van der Waals surface area (Å²) in [5.74, 6) is 0.554. The van der Waals surface area contributed by atoms with Gasteiger partial charge in [-0.3, -0.25) is 4.79 Å². The first-order valence-electron chi connectivity index (χ1n) is 7.23. The molecule has 0 spiro atoms. The summed E-state index contributed by atoms with van der Waals surface area (Å²) in [7, 11) is 3.14. The molecule has 0 aliphatic carbocycles. The number of benzene rings is 2. The van der Waals surface area contributed by atoms with E-state index in [4.69, 9.17) is 9.47 Å². The summed E-state index contributed by atoms with van der Waals surface area (Å²) in [5, 5.41) is 2.96. The van der Waals surface area contributed by atoms with E-state index in [2.05, 4.69) is 5.32 Å². The van der Waals surface area contributed by atoms with E-state index in [-0.39, 0.29) is 12.0 Å². The van der Waals surface area contributed by atoms with Crippen LogP contribution in [0, 0.1) is 0 Å². The van der Waals surface area contributed by atoms with Crippen molar-refractivity contribution in [1.82, 2.24) is 5.32 Å². The van der Waals surface area contributed by atoms with Crippen LogP contribution in [0.25, 0.3) is 0 Å². The number of hydrogen-bond acceptors (Lipinski definition) is 4. The van der Waals surface area contributed by atoms with E-state index in [1.807, 2.05) is 54.6 Å². The number of carbonyl (C=O) groups is 1. The van der Waals surface area contributed by atoms with Gasteiger partial charge in [0.05, 0.1) is 7.11 Å². The van der Waals surface area contributed by atoms with Crippen molar-refractivity contribution < 1.29 is 14.3 Å². The predicted molar refractivity (Wildman–Crippen MR) is 85.8 cm³/mol. The quantitative estimate of drug-likeness (QED) is 0.798. The van der Waals surface area contributed by atoms with E-state index in [1.165, 1.54) is 7.11 Å². The highest BCUT2D eigenvalue weighted by Crippen LogP contribution is 2.15. The molecular weight excluding hydrogens is 278 g/mol. The first-order chi connectivity index (χ1) is 10.7. The van der Waals surface area contributed by atoms with Crippen LogP contribution in [-0.2, 0) is 22.6 Å². The summed E-state index contributed by atoms with van der Waals surface area (Å²) in [6.07, 6.45) is 0.585. The lowest BCUT2D eigenvalue weighted by molar-refractivity contribution is -0.142. The van der Waals surface area contributed by atoms with Crippen molar-refractivity contribution in [2.24, 2.45) is 0 Å². The van der Waals surface area contributed by atoms with Gasteiger partial charge < -0.3 is 14.8 Å². The van der Waals surface area contributed by atoms with Gasteiger partial charge in [-0.2, -0.15) is 0 Å². The molecule has 116 valence electrons. The largest absolute Gasteiger partial charge is 0.489 e. The van der Waals surface area contributed by atoms with Crippen LogP contribution in [0.2, 0.25) is 0 Å². The maximum atomic E-state index is 11.6. The smallest absolute Gasteiger partial charge is 0.323 e. The first kappa shape index (κ1) is 16.0. The lowest BCUT2D eigenvalue weighted by Crippen LogP contribution is -2.36. The lowest BCUT2D eigenvalue weighted by Gasteiger charge is -2.14. The van der Waals surface area contributed by atoms with Gasteiger partial charge in [0, 0.05) is 0 Å². The Morgan fingerprint density at radius 3 is 2.32 bits per heavy atom. The fourth-order valence-electron chi connectivity index (χ4n) is 2.14. The fraction of sp³-hybridized carbons (Fsp3) is 0.278. The maximum absolute atomic E-state index is 11.6. The second-order valence-corrected chi connectivity index (χ2v) is 4.99. The average Bonchev–Trinajstić information content (AvgIpc) is 2.59. The number of methoxy groups -OCH3 is 1. The predicted octanol–water partition coefficient (Wildman–Crippen LogP) is 2.57. The molecule has 0 radical (unpaired) electrons. The Morgan fingerprint density at radius 2 is 1.73 bits per heavy atom. The minimum Gasteiger partial charge on any atom is -0.489 e. The first-order valence-corrected chi connectivity index (χ1v) is 7.23. The van der Waals surface area contributed by atoms with Crippen LogP contribution in [0.3, 0.4) is 0 Å². The Balaban J connectivity index is 1.91. The summed E-state index contributed by atoms with van der Waals surface area (Å²) in [4.78, 5) is 11.6. The molecule has 0 heterocycles. The molecule has 4 heteroatoms. The Kier molecular flexibility index (Phi) is 5.98. The number of likely N-dealkylation sites (N-methyl/N-ethyl adjacent to an activating group) is 1. The van der Waals surface area contributed by atoms with Crippen LogP contribution in [0.5, 0.6) is 5.75 Å². The molecule has 0 amide bonds. The molecule has 0 bridgehead atoms. The summed E-state index contributed by atoms with van der Waals surface area (Å²) in [5.41, 5.74) is 2.18.